The zero-order chi connectivity index (χ0) is 21.5. The van der Waals surface area contributed by atoms with Crippen molar-refractivity contribution in [2.24, 2.45) is 0 Å². The summed E-state index contributed by atoms with van der Waals surface area (Å²) in [5, 5.41) is 21.2. The van der Waals surface area contributed by atoms with Crippen LogP contribution in [-0.2, 0) is 6.42 Å². The summed E-state index contributed by atoms with van der Waals surface area (Å²) in [5.41, 5.74) is 3.59. The maximum absolute atomic E-state index is 13.5. The van der Waals surface area contributed by atoms with E-state index < -0.39 is 0 Å². The topological polar surface area (TPSA) is 94.1 Å². The van der Waals surface area contributed by atoms with E-state index in [0.717, 1.165) is 42.3 Å². The minimum atomic E-state index is -0.0612. The average Bonchev–Trinajstić information content (AvgIpc) is 3.29. The van der Waals surface area contributed by atoms with Gasteiger partial charge in [0.15, 0.2) is 5.65 Å². The molecule has 0 radical (unpaired) electrons. The molecule has 1 aromatic carbocycles. The summed E-state index contributed by atoms with van der Waals surface area (Å²) in [5.74, 6) is 0.136. The molecule has 4 heterocycles. The Morgan fingerprint density at radius 2 is 1.94 bits per heavy atom. The number of aromatic amines is 1. The highest BCUT2D eigenvalue weighted by Gasteiger charge is 2.36. The number of hydrogen-bond acceptors (Lipinski definition) is 5. The number of aryl methyl sites for hydroxylation is 1. The number of fused-ring (bicyclic) bond motifs is 3. The first-order chi connectivity index (χ1) is 15.0. The number of nitrogens with one attached hydrogen (secondary N) is 2. The zero-order valence-corrected chi connectivity index (χ0v) is 18.1. The van der Waals surface area contributed by atoms with E-state index in [1.165, 1.54) is 12.8 Å². The molecule has 162 valence electrons. The first kappa shape index (κ1) is 20.0. The van der Waals surface area contributed by atoms with Gasteiger partial charge in [-0.15, -0.1) is 0 Å². The van der Waals surface area contributed by atoms with Crippen molar-refractivity contribution >= 4 is 16.9 Å². The highest BCUT2D eigenvalue weighted by molar-refractivity contribution is 6.07. The smallest absolute Gasteiger partial charge is 0.252 e. The largest absolute Gasteiger partial charge is 0.508 e. The number of H-pyrrole nitrogens is 1. The molecule has 2 aromatic heterocycles. The lowest BCUT2D eigenvalue weighted by atomic mass is 9.96. The Morgan fingerprint density at radius 3 is 2.71 bits per heavy atom. The molecule has 31 heavy (non-hydrogen) atoms. The van der Waals surface area contributed by atoms with E-state index in [-0.39, 0.29) is 17.7 Å². The van der Waals surface area contributed by atoms with Gasteiger partial charge in [-0.2, -0.15) is 5.10 Å². The number of carbonyl (C=O) groups excluding carboxylic acids is 1. The van der Waals surface area contributed by atoms with Gasteiger partial charge in [0.2, 0.25) is 0 Å². The lowest BCUT2D eigenvalue weighted by Gasteiger charge is -2.23. The third-order valence-corrected chi connectivity index (χ3v) is 7.09. The van der Waals surface area contributed by atoms with Crippen molar-refractivity contribution in [2.45, 2.75) is 63.6 Å². The van der Waals surface area contributed by atoms with Crippen LogP contribution in [-0.4, -0.2) is 56.3 Å². The van der Waals surface area contributed by atoms with Crippen molar-refractivity contribution in [3.8, 4) is 17.0 Å². The third kappa shape index (κ3) is 3.67. The number of benzene rings is 1. The first-order valence-corrected chi connectivity index (χ1v) is 11.2. The van der Waals surface area contributed by atoms with E-state index in [1.54, 1.807) is 24.3 Å². The number of carbonyl (C=O) groups is 1. The van der Waals surface area contributed by atoms with Crippen LogP contribution >= 0.6 is 0 Å². The summed E-state index contributed by atoms with van der Waals surface area (Å²) in [6, 6.07) is 10.1. The van der Waals surface area contributed by atoms with E-state index in [4.69, 9.17) is 0 Å². The number of aromatic nitrogens is 3. The van der Waals surface area contributed by atoms with Crippen molar-refractivity contribution in [3.05, 3.63) is 41.6 Å². The van der Waals surface area contributed by atoms with Gasteiger partial charge in [-0.05, 0) is 75.9 Å². The van der Waals surface area contributed by atoms with Gasteiger partial charge in [-0.25, -0.2) is 4.98 Å². The Hall–Kier alpha value is -2.93. The molecule has 2 bridgehead atoms. The molecule has 3 aromatic rings. The first-order valence-electron chi connectivity index (χ1n) is 11.2. The van der Waals surface area contributed by atoms with Crippen molar-refractivity contribution in [2.75, 3.05) is 7.05 Å². The molecule has 2 aliphatic rings. The van der Waals surface area contributed by atoms with Gasteiger partial charge in [0.25, 0.3) is 5.91 Å². The normalized spacial score (nSPS) is 23.7. The van der Waals surface area contributed by atoms with Crippen LogP contribution in [0, 0.1) is 0 Å². The van der Waals surface area contributed by atoms with Crippen LogP contribution in [0.25, 0.3) is 22.3 Å². The Morgan fingerprint density at radius 1 is 1.19 bits per heavy atom. The number of rotatable bonds is 4. The van der Waals surface area contributed by atoms with E-state index in [0.29, 0.717) is 29.0 Å². The van der Waals surface area contributed by atoms with Gasteiger partial charge in [0, 0.05) is 29.4 Å². The summed E-state index contributed by atoms with van der Waals surface area (Å²) in [6.45, 7) is 2.04. The van der Waals surface area contributed by atoms with E-state index in [1.807, 2.05) is 13.0 Å². The summed E-state index contributed by atoms with van der Waals surface area (Å²) < 4.78 is 0. The fourth-order valence-electron chi connectivity index (χ4n) is 5.26. The molecule has 0 saturated carbocycles. The van der Waals surface area contributed by atoms with Crippen LogP contribution in [0.4, 0.5) is 0 Å². The SMILES string of the molecule is CCc1[nH]nc2nc(-c3ccc(O)cc3)cc(C(=O)NC3CCC4CCC(C3)N4C)c12. The van der Waals surface area contributed by atoms with Crippen LogP contribution in [0.2, 0.25) is 0 Å². The fraction of sp³-hybridized carbons (Fsp3) is 0.458. The molecule has 1 amide bonds. The number of phenols is 1. The van der Waals surface area contributed by atoms with Gasteiger partial charge in [-0.1, -0.05) is 6.92 Å². The monoisotopic (exact) mass is 419 g/mol. The molecular weight excluding hydrogens is 390 g/mol. The molecule has 0 aliphatic carbocycles. The molecule has 7 heteroatoms. The Balaban J connectivity index is 1.49. The number of nitrogens with zero attached hydrogens (tertiary/aromatic N) is 3. The predicted octanol–water partition coefficient (Wildman–Crippen LogP) is 3.64. The Bertz CT molecular complexity index is 1110. The second-order valence-corrected chi connectivity index (χ2v) is 8.89. The van der Waals surface area contributed by atoms with Crippen LogP contribution in [0.3, 0.4) is 0 Å². The van der Waals surface area contributed by atoms with Crippen LogP contribution < -0.4 is 5.32 Å². The van der Waals surface area contributed by atoms with Crippen molar-refractivity contribution in [1.29, 1.82) is 0 Å². The van der Waals surface area contributed by atoms with Gasteiger partial charge in [0.05, 0.1) is 16.6 Å². The maximum Gasteiger partial charge on any atom is 0.252 e. The van der Waals surface area contributed by atoms with E-state index >= 15 is 0 Å². The number of amides is 1. The molecule has 2 aliphatic heterocycles. The minimum absolute atomic E-state index is 0.0612. The molecule has 2 fully saturated rings. The highest BCUT2D eigenvalue weighted by atomic mass is 16.3. The van der Waals surface area contributed by atoms with E-state index in [2.05, 4.69) is 32.4 Å². The van der Waals surface area contributed by atoms with Crippen LogP contribution in [0.15, 0.2) is 30.3 Å². The molecule has 0 spiro atoms. The van der Waals surface area contributed by atoms with Crippen LogP contribution in [0.1, 0.15) is 55.1 Å². The molecule has 3 unspecified atom stereocenters. The quantitative estimate of drug-likeness (QED) is 0.600. The molecule has 2 saturated heterocycles. The summed E-state index contributed by atoms with van der Waals surface area (Å²) >= 11 is 0. The number of phenolic OH excluding ortho intramolecular Hbond substituents is 1. The summed E-state index contributed by atoms with van der Waals surface area (Å²) in [7, 11) is 2.22. The lowest BCUT2D eigenvalue weighted by molar-refractivity contribution is 0.0931. The van der Waals surface area contributed by atoms with Crippen LogP contribution in [0.5, 0.6) is 5.75 Å². The maximum atomic E-state index is 13.5. The number of pyridine rings is 1. The van der Waals surface area contributed by atoms with E-state index in [9.17, 15) is 9.90 Å². The lowest BCUT2D eigenvalue weighted by Crippen LogP contribution is -2.38. The van der Waals surface area contributed by atoms with Gasteiger partial charge < -0.3 is 15.3 Å². The Kier molecular flexibility index (Phi) is 5.14. The number of aromatic hydroxyl groups is 1. The zero-order valence-electron chi connectivity index (χ0n) is 18.1. The third-order valence-electron chi connectivity index (χ3n) is 7.09. The van der Waals surface area contributed by atoms with Gasteiger partial charge in [0.1, 0.15) is 5.75 Å². The average molecular weight is 420 g/mol. The number of hydrogen-bond donors (Lipinski definition) is 3. The molecule has 3 N–H and O–H groups in total. The highest BCUT2D eigenvalue weighted by Crippen LogP contribution is 2.33. The van der Waals surface area contributed by atoms with Crippen molar-refractivity contribution in [1.82, 2.24) is 25.4 Å². The summed E-state index contributed by atoms with van der Waals surface area (Å²) in [6.07, 6.45) is 6.40. The molecule has 5 rings (SSSR count). The predicted molar refractivity (Wildman–Crippen MR) is 120 cm³/mol. The second kappa shape index (κ2) is 7.96. The minimum Gasteiger partial charge on any atom is -0.508 e. The molecule has 3 atom stereocenters. The van der Waals surface area contributed by atoms with Crippen molar-refractivity contribution < 1.29 is 9.90 Å². The Labute approximate surface area is 181 Å². The molecule has 7 nitrogen and oxygen atoms in total. The van der Waals surface area contributed by atoms with Crippen molar-refractivity contribution in [3.63, 3.8) is 0 Å². The van der Waals surface area contributed by atoms with Gasteiger partial charge in [-0.3, -0.25) is 9.89 Å². The fourth-order valence-corrected chi connectivity index (χ4v) is 5.26. The van der Waals surface area contributed by atoms with Gasteiger partial charge >= 0.3 is 0 Å². The second-order valence-electron chi connectivity index (χ2n) is 8.89. The molecular formula is C24H29N5O2. The summed E-state index contributed by atoms with van der Waals surface area (Å²) in [4.78, 5) is 20.7. The standard InChI is InChI=1S/C24H29N5O2/c1-3-20-22-19(24(31)25-15-6-7-16-8-9-17(12-15)29(16)2)13-21(26-23(22)28-27-20)14-4-10-18(30)11-5-14/h4-5,10-11,13,15-17,30H,3,6-9,12H2,1-2H3,(H,25,31)(H,26,27,28).